The maximum absolute atomic E-state index is 12.2. The quantitative estimate of drug-likeness (QED) is 0.746. The molecule has 0 aromatic carbocycles. The van der Waals surface area contributed by atoms with Crippen molar-refractivity contribution < 1.29 is 14.3 Å². The molecule has 108 valence electrons. The molecule has 2 heterocycles. The number of hydrogen-bond donors (Lipinski definition) is 0. The SMILES string of the molecule is COCC1CCCN(CC(=O)N2CCC(=O)CC2)C1. The Labute approximate surface area is 114 Å². The summed E-state index contributed by atoms with van der Waals surface area (Å²) in [5.74, 6) is 1.00. The molecule has 2 aliphatic heterocycles. The normalized spacial score (nSPS) is 25.6. The fourth-order valence-corrected chi connectivity index (χ4v) is 2.96. The number of carbonyl (C=O) groups is 2. The molecule has 0 spiro atoms. The Bertz CT molecular complexity index is 321. The lowest BCUT2D eigenvalue weighted by Gasteiger charge is -2.34. The molecule has 5 nitrogen and oxygen atoms in total. The summed E-state index contributed by atoms with van der Waals surface area (Å²) in [6, 6.07) is 0. The molecule has 0 N–H and O–H groups in total. The van der Waals surface area contributed by atoms with Crippen LogP contribution in [0.3, 0.4) is 0 Å². The monoisotopic (exact) mass is 268 g/mol. The highest BCUT2D eigenvalue weighted by atomic mass is 16.5. The number of ether oxygens (including phenoxy) is 1. The van der Waals surface area contributed by atoms with Gasteiger partial charge in [0.2, 0.25) is 5.91 Å². The van der Waals surface area contributed by atoms with Crippen LogP contribution in [-0.4, -0.2) is 67.9 Å². The molecule has 2 rings (SSSR count). The first-order valence-corrected chi connectivity index (χ1v) is 7.20. The second kappa shape index (κ2) is 7.01. The second-order valence-electron chi connectivity index (χ2n) is 5.62. The highest BCUT2D eigenvalue weighted by Gasteiger charge is 2.25. The first kappa shape index (κ1) is 14.5. The van der Waals surface area contributed by atoms with E-state index in [0.717, 1.165) is 26.1 Å². The number of hydrogen-bond acceptors (Lipinski definition) is 4. The van der Waals surface area contributed by atoms with E-state index in [-0.39, 0.29) is 11.7 Å². The summed E-state index contributed by atoms with van der Waals surface area (Å²) < 4.78 is 5.20. The largest absolute Gasteiger partial charge is 0.384 e. The van der Waals surface area contributed by atoms with Crippen LogP contribution in [0.25, 0.3) is 0 Å². The number of amides is 1. The number of piperidine rings is 2. The van der Waals surface area contributed by atoms with E-state index >= 15 is 0 Å². The average Bonchev–Trinajstić information content (AvgIpc) is 2.40. The molecule has 5 heteroatoms. The predicted molar refractivity (Wildman–Crippen MR) is 71.9 cm³/mol. The molecular weight excluding hydrogens is 244 g/mol. The van der Waals surface area contributed by atoms with E-state index in [1.165, 1.54) is 6.42 Å². The summed E-state index contributed by atoms with van der Waals surface area (Å²) in [4.78, 5) is 27.4. The van der Waals surface area contributed by atoms with Crippen molar-refractivity contribution in [3.05, 3.63) is 0 Å². The van der Waals surface area contributed by atoms with Crippen molar-refractivity contribution in [1.82, 2.24) is 9.80 Å². The van der Waals surface area contributed by atoms with Crippen LogP contribution in [0, 0.1) is 5.92 Å². The van der Waals surface area contributed by atoms with Gasteiger partial charge < -0.3 is 9.64 Å². The molecule has 1 amide bonds. The van der Waals surface area contributed by atoms with E-state index < -0.39 is 0 Å². The van der Waals surface area contributed by atoms with E-state index in [1.54, 1.807) is 7.11 Å². The molecule has 0 aromatic heterocycles. The topological polar surface area (TPSA) is 49.9 Å². The molecule has 2 saturated heterocycles. The van der Waals surface area contributed by atoms with Crippen molar-refractivity contribution in [1.29, 1.82) is 0 Å². The molecule has 19 heavy (non-hydrogen) atoms. The van der Waals surface area contributed by atoms with Gasteiger partial charge in [-0.15, -0.1) is 0 Å². The molecular formula is C14H24N2O3. The summed E-state index contributed by atoms with van der Waals surface area (Å²) in [7, 11) is 1.73. The summed E-state index contributed by atoms with van der Waals surface area (Å²) in [5.41, 5.74) is 0. The molecule has 0 aliphatic carbocycles. The minimum Gasteiger partial charge on any atom is -0.384 e. The Morgan fingerprint density at radius 3 is 2.74 bits per heavy atom. The zero-order chi connectivity index (χ0) is 13.7. The number of rotatable bonds is 4. The number of Topliss-reactive ketones (excluding diaryl/α,β-unsaturated/α-hetero) is 1. The summed E-state index contributed by atoms with van der Waals surface area (Å²) >= 11 is 0. The van der Waals surface area contributed by atoms with Crippen molar-refractivity contribution in [2.24, 2.45) is 5.92 Å². The third kappa shape index (κ3) is 4.28. The Morgan fingerprint density at radius 1 is 1.32 bits per heavy atom. The van der Waals surface area contributed by atoms with Gasteiger partial charge in [0.15, 0.2) is 0 Å². The Kier molecular flexibility index (Phi) is 5.34. The number of ketones is 1. The molecule has 0 aromatic rings. The Morgan fingerprint density at radius 2 is 2.05 bits per heavy atom. The lowest BCUT2D eigenvalue weighted by Crippen LogP contribution is -2.47. The van der Waals surface area contributed by atoms with Crippen molar-refractivity contribution in [2.75, 3.05) is 46.4 Å². The zero-order valence-corrected chi connectivity index (χ0v) is 11.8. The van der Waals surface area contributed by atoms with E-state index in [0.29, 0.717) is 38.4 Å². The highest BCUT2D eigenvalue weighted by Crippen LogP contribution is 2.17. The average molecular weight is 268 g/mol. The van der Waals surface area contributed by atoms with Gasteiger partial charge in [-0.05, 0) is 25.3 Å². The van der Waals surface area contributed by atoms with Crippen LogP contribution in [0.1, 0.15) is 25.7 Å². The lowest BCUT2D eigenvalue weighted by atomic mass is 9.99. The Hall–Kier alpha value is -0.940. The number of nitrogens with zero attached hydrogens (tertiary/aromatic N) is 2. The van der Waals surface area contributed by atoms with Crippen LogP contribution >= 0.6 is 0 Å². The van der Waals surface area contributed by atoms with E-state index in [2.05, 4.69) is 4.90 Å². The van der Waals surface area contributed by atoms with Gasteiger partial charge in [0.25, 0.3) is 0 Å². The van der Waals surface area contributed by atoms with E-state index in [4.69, 9.17) is 4.74 Å². The molecule has 2 fully saturated rings. The zero-order valence-electron chi connectivity index (χ0n) is 11.8. The minimum atomic E-state index is 0.172. The Balaban J connectivity index is 1.76. The van der Waals surface area contributed by atoms with Crippen molar-refractivity contribution in [3.8, 4) is 0 Å². The van der Waals surface area contributed by atoms with Gasteiger partial charge in [0, 0.05) is 39.6 Å². The first-order valence-electron chi connectivity index (χ1n) is 7.20. The fourth-order valence-electron chi connectivity index (χ4n) is 2.96. The van der Waals surface area contributed by atoms with Crippen LogP contribution < -0.4 is 0 Å². The van der Waals surface area contributed by atoms with Gasteiger partial charge in [0.1, 0.15) is 5.78 Å². The van der Waals surface area contributed by atoms with Crippen molar-refractivity contribution >= 4 is 11.7 Å². The maximum Gasteiger partial charge on any atom is 0.236 e. The van der Waals surface area contributed by atoms with Gasteiger partial charge in [0.05, 0.1) is 13.2 Å². The van der Waals surface area contributed by atoms with Crippen LogP contribution in [0.5, 0.6) is 0 Å². The summed E-state index contributed by atoms with van der Waals surface area (Å²) in [6.07, 6.45) is 3.38. The lowest BCUT2D eigenvalue weighted by molar-refractivity contribution is -0.136. The van der Waals surface area contributed by atoms with Gasteiger partial charge in [-0.25, -0.2) is 0 Å². The molecule has 0 bridgehead atoms. The van der Waals surface area contributed by atoms with Gasteiger partial charge >= 0.3 is 0 Å². The summed E-state index contributed by atoms with van der Waals surface area (Å²) in [5, 5.41) is 0. The molecule has 1 atom stereocenters. The summed E-state index contributed by atoms with van der Waals surface area (Å²) in [6.45, 7) is 4.43. The van der Waals surface area contributed by atoms with E-state index in [1.807, 2.05) is 4.90 Å². The fraction of sp³-hybridized carbons (Fsp3) is 0.857. The van der Waals surface area contributed by atoms with Gasteiger partial charge in [-0.2, -0.15) is 0 Å². The molecule has 2 aliphatic rings. The van der Waals surface area contributed by atoms with Gasteiger partial charge in [-0.3, -0.25) is 14.5 Å². The maximum atomic E-state index is 12.2. The third-order valence-corrected chi connectivity index (χ3v) is 4.04. The van der Waals surface area contributed by atoms with Crippen LogP contribution in [0.15, 0.2) is 0 Å². The molecule has 1 unspecified atom stereocenters. The standard InChI is InChI=1S/C14H24N2O3/c1-19-11-12-3-2-6-15(9-12)10-14(18)16-7-4-13(17)5-8-16/h12H,2-11H2,1H3. The number of carbonyl (C=O) groups excluding carboxylic acids is 2. The smallest absolute Gasteiger partial charge is 0.236 e. The molecule has 0 saturated carbocycles. The highest BCUT2D eigenvalue weighted by molar-refractivity contribution is 5.84. The van der Waals surface area contributed by atoms with Crippen molar-refractivity contribution in [3.63, 3.8) is 0 Å². The van der Waals surface area contributed by atoms with Crippen LogP contribution in [0.4, 0.5) is 0 Å². The van der Waals surface area contributed by atoms with Crippen molar-refractivity contribution in [2.45, 2.75) is 25.7 Å². The van der Waals surface area contributed by atoms with Crippen LogP contribution in [0.2, 0.25) is 0 Å². The second-order valence-corrected chi connectivity index (χ2v) is 5.62. The first-order chi connectivity index (χ1) is 9.19. The van der Waals surface area contributed by atoms with Crippen LogP contribution in [-0.2, 0) is 14.3 Å². The predicted octanol–water partition coefficient (Wildman–Crippen LogP) is 0.536. The third-order valence-electron chi connectivity index (χ3n) is 4.04. The number of likely N-dealkylation sites (tertiary alicyclic amines) is 2. The molecule has 0 radical (unpaired) electrons. The van der Waals surface area contributed by atoms with E-state index in [9.17, 15) is 9.59 Å². The minimum absolute atomic E-state index is 0.172. The number of methoxy groups -OCH3 is 1. The van der Waals surface area contributed by atoms with Gasteiger partial charge in [-0.1, -0.05) is 0 Å².